The van der Waals surface area contributed by atoms with E-state index in [4.69, 9.17) is 28.4 Å². The van der Waals surface area contributed by atoms with Crippen LogP contribution in [0.15, 0.2) is 12.1 Å². The first kappa shape index (κ1) is 32.8. The van der Waals surface area contributed by atoms with Crippen molar-refractivity contribution in [2.24, 2.45) is 22.7 Å². The third-order valence-corrected chi connectivity index (χ3v) is 13.8. The van der Waals surface area contributed by atoms with Crippen LogP contribution in [0.2, 0.25) is 0 Å². The Morgan fingerprint density at radius 3 is 2.48 bits per heavy atom. The van der Waals surface area contributed by atoms with Crippen molar-refractivity contribution in [2.45, 2.75) is 108 Å². The maximum Gasteiger partial charge on any atom is 0.337 e. The third kappa shape index (κ3) is 4.30. The molecule has 9 nitrogen and oxygen atoms in total. The number of carbonyl (C=O) groups is 1. The molecule has 4 bridgehead atoms. The van der Waals surface area contributed by atoms with Crippen LogP contribution in [0.3, 0.4) is 0 Å². The number of fused-ring (bicyclic) bond motifs is 2. The number of rotatable bonds is 13. The number of benzene rings is 1. The Kier molecular flexibility index (Phi) is 7.94. The third-order valence-electron chi connectivity index (χ3n) is 13.8. The molecule has 7 aliphatic rings. The molecule has 2 aliphatic heterocycles. The maximum atomic E-state index is 13.1. The fraction of sp³-hybridized carbons (Fsp3) is 0.811. The number of likely N-dealkylation sites (tertiary alicyclic amines) is 1. The summed E-state index contributed by atoms with van der Waals surface area (Å²) in [5.41, 5.74) is -0.741. The Labute approximate surface area is 274 Å². The zero-order valence-electron chi connectivity index (χ0n) is 29.0. The average molecular weight is 642 g/mol. The van der Waals surface area contributed by atoms with Crippen LogP contribution in [0.5, 0.6) is 11.5 Å². The molecular weight excluding hydrogens is 586 g/mol. The van der Waals surface area contributed by atoms with E-state index in [-0.39, 0.29) is 28.8 Å². The lowest BCUT2D eigenvalue weighted by atomic mass is 9.30. The van der Waals surface area contributed by atoms with Crippen molar-refractivity contribution in [3.63, 3.8) is 0 Å². The first-order valence-electron chi connectivity index (χ1n) is 17.5. The highest BCUT2D eigenvalue weighted by Gasteiger charge is 2.87. The largest absolute Gasteiger partial charge is 0.479 e. The molecule has 256 valence electrons. The second kappa shape index (κ2) is 11.1. The minimum Gasteiger partial charge on any atom is -0.479 e. The Morgan fingerprint density at radius 1 is 1.04 bits per heavy atom. The van der Waals surface area contributed by atoms with Crippen LogP contribution in [-0.2, 0) is 35.6 Å². The normalized spacial score (nSPS) is 37.0. The average Bonchev–Trinajstić information content (AvgIpc) is 3.77. The summed E-state index contributed by atoms with van der Waals surface area (Å²) < 4.78 is 36.2. The fourth-order valence-electron chi connectivity index (χ4n) is 11.0. The topological polar surface area (TPSA) is 95.9 Å². The Hall–Kier alpha value is -1.75. The zero-order valence-corrected chi connectivity index (χ0v) is 29.0. The molecule has 2 heterocycles. The summed E-state index contributed by atoms with van der Waals surface area (Å²) in [6, 6.07) is 4.46. The van der Waals surface area contributed by atoms with Gasteiger partial charge in [0.15, 0.2) is 11.5 Å². The van der Waals surface area contributed by atoms with E-state index >= 15 is 0 Å². The number of ether oxygens (including phenoxy) is 6. The van der Waals surface area contributed by atoms with E-state index in [1.54, 1.807) is 7.11 Å². The lowest BCUT2D eigenvalue weighted by Gasteiger charge is -2.78. The number of hydrogen-bond acceptors (Lipinski definition) is 9. The number of piperidine rings is 1. The molecule has 46 heavy (non-hydrogen) atoms. The van der Waals surface area contributed by atoms with Crippen molar-refractivity contribution in [3.8, 4) is 11.5 Å². The molecule has 8 rings (SSSR count). The molecule has 1 saturated heterocycles. The molecule has 5 aliphatic carbocycles. The van der Waals surface area contributed by atoms with Gasteiger partial charge in [0.2, 0.25) is 0 Å². The molecule has 7 atom stereocenters. The van der Waals surface area contributed by atoms with Gasteiger partial charge in [0, 0.05) is 43.7 Å². The van der Waals surface area contributed by atoms with E-state index in [0.29, 0.717) is 44.0 Å². The van der Waals surface area contributed by atoms with Gasteiger partial charge in [-0.1, -0.05) is 26.8 Å². The first-order chi connectivity index (χ1) is 21.8. The molecule has 1 aromatic carbocycles. The van der Waals surface area contributed by atoms with Crippen LogP contribution >= 0.6 is 0 Å². The minimum absolute atomic E-state index is 0.0954. The van der Waals surface area contributed by atoms with Gasteiger partial charge in [-0.05, 0) is 88.3 Å². The van der Waals surface area contributed by atoms with Crippen LogP contribution in [-0.4, -0.2) is 99.2 Å². The molecule has 1 aromatic rings. The molecular formula is C37H55NO8. The molecule has 0 radical (unpaired) electrons. The van der Waals surface area contributed by atoms with E-state index < -0.39 is 22.8 Å². The zero-order chi connectivity index (χ0) is 32.8. The van der Waals surface area contributed by atoms with Crippen LogP contribution in [0.4, 0.5) is 0 Å². The fourth-order valence-corrected chi connectivity index (χ4v) is 11.0. The van der Waals surface area contributed by atoms with Gasteiger partial charge in [0.1, 0.15) is 17.8 Å². The Balaban J connectivity index is 1.28. The molecule has 9 heteroatoms. The van der Waals surface area contributed by atoms with Crippen molar-refractivity contribution in [2.75, 3.05) is 60.3 Å². The standard InChI is InChI=1S/C37H55NO8/c1-32(2,3)33(4,40)27-21-35-12-13-37(27,42-7)34(5)36(35)14-15-38(22-24-8-9-24)28(35)20-25-10-11-26(31(46-34)30(25)36)45-29(39)23-44-19-18-43-17-16-41-6/h10-11,24,27-28,40H,8-9,12-23H2,1-7H3. The maximum absolute atomic E-state index is 13.1. The SMILES string of the molecule is COCCOCCOCC(=O)Oc1ccc2c3c1OC1(C)C4(OC)CCC5(CC4C(C)(O)C(C)(C)C)C(C2)N(CC2CC2)CCC351. The smallest absolute Gasteiger partial charge is 0.337 e. The second-order valence-electron chi connectivity index (χ2n) is 16.4. The molecule has 5 fully saturated rings. The quantitative estimate of drug-likeness (QED) is 0.187. The van der Waals surface area contributed by atoms with Gasteiger partial charge >= 0.3 is 5.97 Å². The van der Waals surface area contributed by atoms with E-state index in [2.05, 4.69) is 38.7 Å². The Bertz CT molecular complexity index is 1350. The summed E-state index contributed by atoms with van der Waals surface area (Å²) in [6.07, 6.45) is 7.31. The summed E-state index contributed by atoms with van der Waals surface area (Å²) in [6.45, 7) is 14.4. The molecule has 0 amide bonds. The molecule has 2 spiro atoms. The summed E-state index contributed by atoms with van der Waals surface area (Å²) >= 11 is 0. The van der Waals surface area contributed by atoms with Gasteiger partial charge in [-0.3, -0.25) is 4.90 Å². The van der Waals surface area contributed by atoms with Crippen molar-refractivity contribution in [1.29, 1.82) is 0 Å². The lowest BCUT2D eigenvalue weighted by molar-refractivity contribution is -0.345. The molecule has 1 N–H and O–H groups in total. The van der Waals surface area contributed by atoms with Gasteiger partial charge in [-0.25, -0.2) is 4.79 Å². The number of esters is 1. The predicted octanol–water partition coefficient (Wildman–Crippen LogP) is 4.68. The minimum atomic E-state index is -1.00. The van der Waals surface area contributed by atoms with Crippen molar-refractivity contribution in [1.82, 2.24) is 4.90 Å². The van der Waals surface area contributed by atoms with Crippen molar-refractivity contribution in [3.05, 3.63) is 23.3 Å². The number of methoxy groups -OCH3 is 2. The van der Waals surface area contributed by atoms with Gasteiger partial charge in [-0.2, -0.15) is 0 Å². The number of nitrogens with zero attached hydrogens (tertiary/aromatic N) is 1. The van der Waals surface area contributed by atoms with E-state index in [1.807, 2.05) is 20.1 Å². The van der Waals surface area contributed by atoms with Crippen LogP contribution in [0.1, 0.15) is 84.3 Å². The van der Waals surface area contributed by atoms with Gasteiger partial charge in [0.25, 0.3) is 0 Å². The molecule has 0 aromatic heterocycles. The van der Waals surface area contributed by atoms with Crippen LogP contribution in [0, 0.1) is 22.7 Å². The first-order valence-corrected chi connectivity index (χ1v) is 17.5. The Morgan fingerprint density at radius 2 is 1.78 bits per heavy atom. The lowest BCUT2D eigenvalue weighted by Crippen LogP contribution is -2.87. The second-order valence-corrected chi connectivity index (χ2v) is 16.4. The van der Waals surface area contributed by atoms with E-state index in [9.17, 15) is 9.90 Å². The van der Waals surface area contributed by atoms with E-state index in [1.165, 1.54) is 24.0 Å². The molecule has 7 unspecified atom stereocenters. The van der Waals surface area contributed by atoms with Crippen molar-refractivity contribution < 1.29 is 38.3 Å². The predicted molar refractivity (Wildman–Crippen MR) is 172 cm³/mol. The monoisotopic (exact) mass is 641 g/mol. The van der Waals surface area contributed by atoms with Crippen LogP contribution in [0.25, 0.3) is 0 Å². The van der Waals surface area contributed by atoms with Crippen molar-refractivity contribution >= 4 is 5.97 Å². The molecule has 4 saturated carbocycles. The highest BCUT2D eigenvalue weighted by atomic mass is 16.6. The number of aliphatic hydroxyl groups is 1. The summed E-state index contributed by atoms with van der Waals surface area (Å²) in [5.74, 6) is 1.34. The van der Waals surface area contributed by atoms with Gasteiger partial charge in [0.05, 0.1) is 37.4 Å². The van der Waals surface area contributed by atoms with E-state index in [0.717, 1.165) is 51.1 Å². The summed E-state index contributed by atoms with van der Waals surface area (Å²) in [7, 11) is 3.45. The highest BCUT2D eigenvalue weighted by molar-refractivity contribution is 5.76. The number of hydrogen-bond donors (Lipinski definition) is 1. The summed E-state index contributed by atoms with van der Waals surface area (Å²) in [5, 5.41) is 12.5. The van der Waals surface area contributed by atoms with Gasteiger partial charge in [-0.15, -0.1) is 0 Å². The van der Waals surface area contributed by atoms with Gasteiger partial charge < -0.3 is 33.5 Å². The van der Waals surface area contributed by atoms with Crippen LogP contribution < -0.4 is 9.47 Å². The number of carbonyl (C=O) groups excluding carboxylic acids is 1. The summed E-state index contributed by atoms with van der Waals surface area (Å²) in [4.78, 5) is 15.9. The highest BCUT2D eigenvalue weighted by Crippen LogP contribution is 2.81.